The highest BCUT2D eigenvalue weighted by molar-refractivity contribution is 5.87. The molecule has 0 aliphatic rings. The van der Waals surface area contributed by atoms with Crippen molar-refractivity contribution in [1.82, 2.24) is 0 Å². The second-order valence-corrected chi connectivity index (χ2v) is 9.86. The van der Waals surface area contributed by atoms with Crippen LogP contribution in [0.2, 0.25) is 0 Å². The van der Waals surface area contributed by atoms with Crippen molar-refractivity contribution in [2.75, 3.05) is 0 Å². The van der Waals surface area contributed by atoms with Crippen LogP contribution in [-0.2, 0) is 0 Å². The van der Waals surface area contributed by atoms with Gasteiger partial charge in [-0.3, -0.25) is 4.99 Å². The first kappa shape index (κ1) is 33.2. The summed E-state index contributed by atoms with van der Waals surface area (Å²) >= 11 is 0. The summed E-state index contributed by atoms with van der Waals surface area (Å²) in [4.78, 5) is 3.71. The predicted octanol–water partition coefficient (Wildman–Crippen LogP) is 12.1. The molecule has 0 N–H and O–H groups in total. The van der Waals surface area contributed by atoms with E-state index in [0.717, 1.165) is 22.4 Å². The number of allylic oxidation sites excluding steroid dienone is 8. The molecule has 0 fully saturated rings. The third-order valence-corrected chi connectivity index (χ3v) is 6.16. The lowest BCUT2D eigenvalue weighted by Crippen LogP contribution is -1.90. The van der Waals surface area contributed by atoms with E-state index in [1.807, 2.05) is 67.6 Å². The van der Waals surface area contributed by atoms with Crippen LogP contribution in [0.5, 0.6) is 0 Å². The molecule has 0 unspecified atom stereocenters. The van der Waals surface area contributed by atoms with Crippen molar-refractivity contribution in [3.63, 3.8) is 0 Å². The number of hydrogen-bond donors (Lipinski definition) is 0. The van der Waals surface area contributed by atoms with Gasteiger partial charge in [0.1, 0.15) is 0 Å². The molecular formula is C41H43N. The van der Waals surface area contributed by atoms with E-state index in [0.29, 0.717) is 0 Å². The number of rotatable bonds is 8. The first-order valence-corrected chi connectivity index (χ1v) is 14.0. The highest BCUT2D eigenvalue weighted by Gasteiger charge is 2.09. The Kier molecular flexibility index (Phi) is 14.5. The van der Waals surface area contributed by atoms with E-state index in [2.05, 4.69) is 131 Å². The Labute approximate surface area is 254 Å². The van der Waals surface area contributed by atoms with Crippen LogP contribution in [0.15, 0.2) is 175 Å². The second kappa shape index (κ2) is 18.4. The first-order valence-electron chi connectivity index (χ1n) is 14.0. The third-order valence-electron chi connectivity index (χ3n) is 6.16. The minimum atomic E-state index is 0.723. The minimum Gasteiger partial charge on any atom is -0.265 e. The molecule has 4 aromatic carbocycles. The van der Waals surface area contributed by atoms with E-state index in [4.69, 9.17) is 0 Å². The Morgan fingerprint density at radius 2 is 1.24 bits per heavy atom. The fraction of sp³-hybridized carbons (Fsp3) is 0.0976. The van der Waals surface area contributed by atoms with E-state index in [1.54, 1.807) is 0 Å². The van der Waals surface area contributed by atoms with E-state index in [9.17, 15) is 0 Å². The lowest BCUT2D eigenvalue weighted by Gasteiger charge is -2.13. The maximum absolute atomic E-state index is 3.96. The van der Waals surface area contributed by atoms with Crippen molar-refractivity contribution >= 4 is 18.0 Å². The molecule has 0 spiro atoms. The third kappa shape index (κ3) is 11.2. The normalized spacial score (nSPS) is 10.3. The maximum atomic E-state index is 3.96. The van der Waals surface area contributed by atoms with E-state index in [1.165, 1.54) is 33.4 Å². The van der Waals surface area contributed by atoms with Gasteiger partial charge in [0.15, 0.2) is 0 Å². The molecule has 1 heteroatoms. The van der Waals surface area contributed by atoms with Gasteiger partial charge in [0, 0.05) is 0 Å². The van der Waals surface area contributed by atoms with Crippen LogP contribution < -0.4 is 0 Å². The Morgan fingerprint density at radius 3 is 1.71 bits per heavy atom. The monoisotopic (exact) mass is 549 g/mol. The van der Waals surface area contributed by atoms with Gasteiger partial charge in [-0.2, -0.15) is 0 Å². The zero-order chi connectivity index (χ0) is 30.7. The average molecular weight is 550 g/mol. The SMILES string of the molecule is C=C(C)/C=C\C=C(C)C.C=C/C(=C\C)c1ccc(-c2ccccc2)cc1-c1ccccc1.C=NC(=C)c1ccccc1. The van der Waals surface area contributed by atoms with E-state index >= 15 is 0 Å². The molecule has 0 bridgehead atoms. The molecule has 0 aliphatic carbocycles. The van der Waals surface area contributed by atoms with Crippen molar-refractivity contribution < 1.29 is 0 Å². The van der Waals surface area contributed by atoms with E-state index in [-0.39, 0.29) is 0 Å². The van der Waals surface area contributed by atoms with Gasteiger partial charge in [0.2, 0.25) is 0 Å². The van der Waals surface area contributed by atoms with Gasteiger partial charge < -0.3 is 0 Å². The van der Waals surface area contributed by atoms with Crippen LogP contribution in [-0.4, -0.2) is 6.72 Å². The molecular weight excluding hydrogens is 506 g/mol. The molecule has 0 aliphatic heterocycles. The van der Waals surface area contributed by atoms with Gasteiger partial charge in [-0.05, 0) is 79.4 Å². The topological polar surface area (TPSA) is 12.4 Å². The Balaban J connectivity index is 0.000000268. The van der Waals surface area contributed by atoms with Crippen LogP contribution in [0.1, 0.15) is 38.8 Å². The first-order chi connectivity index (χ1) is 20.3. The zero-order valence-corrected chi connectivity index (χ0v) is 25.6. The van der Waals surface area contributed by atoms with Crippen molar-refractivity contribution in [2.45, 2.75) is 27.7 Å². The van der Waals surface area contributed by atoms with Gasteiger partial charge in [-0.15, -0.1) is 0 Å². The average Bonchev–Trinajstić information content (AvgIpc) is 3.03. The standard InChI is InChI=1S/C23H20.C9H9N.C9H14/c1-3-18(4-2)22-16-15-21(19-11-7-5-8-12-19)17-23(22)20-13-9-6-10-14-20;1-8(10-2)9-6-4-3-5-7-9;1-8(2)6-5-7-9(3)4/h3-17H,1H2,2H3;3-7H,1-2H2;5-7H,1H2,2-4H3/b18-4+;;6-5-. The summed E-state index contributed by atoms with van der Waals surface area (Å²) in [5.41, 5.74) is 11.4. The molecule has 0 saturated heterocycles. The summed E-state index contributed by atoms with van der Waals surface area (Å²) in [6, 6.07) is 37.4. The van der Waals surface area contributed by atoms with Gasteiger partial charge >= 0.3 is 0 Å². The maximum Gasteiger partial charge on any atom is 0.0622 e. The minimum absolute atomic E-state index is 0.723. The van der Waals surface area contributed by atoms with Crippen LogP contribution >= 0.6 is 0 Å². The summed E-state index contributed by atoms with van der Waals surface area (Å²) in [5, 5.41) is 0. The molecule has 0 atom stereocenters. The fourth-order valence-electron chi connectivity index (χ4n) is 3.97. The van der Waals surface area contributed by atoms with Crippen LogP contribution in [0.25, 0.3) is 33.5 Å². The number of benzene rings is 4. The van der Waals surface area contributed by atoms with Gasteiger partial charge in [-0.25, -0.2) is 0 Å². The molecule has 0 radical (unpaired) electrons. The predicted molar refractivity (Wildman–Crippen MR) is 190 cm³/mol. The summed E-state index contributed by atoms with van der Waals surface area (Å²) < 4.78 is 0. The van der Waals surface area contributed by atoms with Gasteiger partial charge in [0.25, 0.3) is 0 Å². The van der Waals surface area contributed by atoms with Crippen molar-refractivity contribution in [1.29, 1.82) is 0 Å². The molecule has 0 aromatic heterocycles. The molecule has 4 rings (SSSR count). The number of nitrogens with zero attached hydrogens (tertiary/aromatic N) is 1. The second-order valence-electron chi connectivity index (χ2n) is 9.86. The molecule has 0 amide bonds. The summed E-state index contributed by atoms with van der Waals surface area (Å²) in [7, 11) is 0. The lowest BCUT2D eigenvalue weighted by molar-refractivity contribution is 1.39. The largest absolute Gasteiger partial charge is 0.265 e. The molecule has 0 saturated carbocycles. The summed E-state index contributed by atoms with van der Waals surface area (Å²) in [6.45, 7) is 23.0. The quantitative estimate of drug-likeness (QED) is 0.153. The summed E-state index contributed by atoms with van der Waals surface area (Å²) in [5.74, 6) is 0. The van der Waals surface area contributed by atoms with Gasteiger partial charge in [0.05, 0.1) is 5.70 Å². The molecule has 42 heavy (non-hydrogen) atoms. The Morgan fingerprint density at radius 1 is 0.690 bits per heavy atom. The van der Waals surface area contributed by atoms with Crippen molar-refractivity contribution in [3.8, 4) is 22.3 Å². The van der Waals surface area contributed by atoms with Crippen LogP contribution in [0.4, 0.5) is 0 Å². The van der Waals surface area contributed by atoms with Crippen molar-refractivity contribution in [3.05, 3.63) is 182 Å². The van der Waals surface area contributed by atoms with E-state index < -0.39 is 0 Å². The number of aliphatic imine (C=N–C) groups is 1. The molecule has 212 valence electrons. The van der Waals surface area contributed by atoms with Crippen LogP contribution in [0, 0.1) is 0 Å². The molecule has 4 aromatic rings. The highest BCUT2D eigenvalue weighted by atomic mass is 14.7. The number of hydrogen-bond acceptors (Lipinski definition) is 1. The van der Waals surface area contributed by atoms with Gasteiger partial charge in [-0.1, -0.05) is 164 Å². The molecule has 0 heterocycles. The Bertz CT molecular complexity index is 1530. The lowest BCUT2D eigenvalue weighted by atomic mass is 9.91. The van der Waals surface area contributed by atoms with Crippen LogP contribution in [0.3, 0.4) is 0 Å². The fourth-order valence-corrected chi connectivity index (χ4v) is 3.97. The smallest absolute Gasteiger partial charge is 0.0622 e. The summed E-state index contributed by atoms with van der Waals surface area (Å²) in [6.07, 6.45) is 10.1. The van der Waals surface area contributed by atoms with Crippen molar-refractivity contribution in [2.24, 2.45) is 4.99 Å². The Hall–Kier alpha value is -5.01. The zero-order valence-electron chi connectivity index (χ0n) is 25.6. The molecule has 1 nitrogen and oxygen atoms in total. The highest BCUT2D eigenvalue weighted by Crippen LogP contribution is 2.33.